The van der Waals surface area contributed by atoms with Crippen molar-refractivity contribution in [2.75, 3.05) is 18.6 Å². The van der Waals surface area contributed by atoms with Gasteiger partial charge in [0.2, 0.25) is 11.8 Å². The monoisotopic (exact) mass is 423 g/mol. The maximum Gasteiger partial charge on any atom is 0.328 e. The second-order valence-electron chi connectivity index (χ2n) is 7.50. The van der Waals surface area contributed by atoms with Gasteiger partial charge in [-0.3, -0.25) is 9.59 Å². The molecule has 2 aromatic carbocycles. The van der Waals surface area contributed by atoms with Crippen LogP contribution in [0.25, 0.3) is 10.9 Å². The van der Waals surface area contributed by atoms with Gasteiger partial charge in [-0.1, -0.05) is 30.3 Å². The maximum absolute atomic E-state index is 14.1. The minimum atomic E-state index is -0.908. The Morgan fingerprint density at radius 1 is 1.23 bits per heavy atom. The van der Waals surface area contributed by atoms with Crippen LogP contribution in [0.4, 0.5) is 10.1 Å². The van der Waals surface area contributed by atoms with Gasteiger partial charge in [-0.15, -0.1) is 0 Å². The number of halogens is 1. The van der Waals surface area contributed by atoms with Crippen LogP contribution in [-0.2, 0) is 25.5 Å². The summed E-state index contributed by atoms with van der Waals surface area (Å²) in [6.45, 7) is 0.0482. The van der Waals surface area contributed by atoms with E-state index >= 15 is 0 Å². The van der Waals surface area contributed by atoms with Crippen LogP contribution < -0.4 is 10.2 Å². The van der Waals surface area contributed by atoms with Gasteiger partial charge >= 0.3 is 5.97 Å². The smallest absolute Gasteiger partial charge is 0.328 e. The maximum atomic E-state index is 14.1. The third kappa shape index (κ3) is 4.14. The number of nitrogens with one attached hydrogen (secondary N) is 2. The van der Waals surface area contributed by atoms with Crippen molar-refractivity contribution in [1.82, 2.24) is 10.3 Å². The zero-order valence-corrected chi connectivity index (χ0v) is 16.9. The standard InChI is InChI=1S/C23H22FN3O4/c1-31-23(30)19(10-14-12-25-18-8-4-2-6-16(14)18)26-22(29)15-11-21(28)27(13-15)20-9-5-3-7-17(20)24/h2-9,12,15,19,25H,10-11,13H2,1H3,(H,26,29)/t15-,19-/m0/s1. The van der Waals surface area contributed by atoms with Gasteiger partial charge in [0.25, 0.3) is 0 Å². The van der Waals surface area contributed by atoms with Crippen molar-refractivity contribution < 1.29 is 23.5 Å². The highest BCUT2D eigenvalue weighted by molar-refractivity contribution is 6.01. The molecule has 0 aliphatic carbocycles. The number of H-pyrrole nitrogens is 1. The molecular weight excluding hydrogens is 401 g/mol. The van der Waals surface area contributed by atoms with Crippen LogP contribution >= 0.6 is 0 Å². The second kappa shape index (κ2) is 8.59. The van der Waals surface area contributed by atoms with E-state index in [0.717, 1.165) is 16.5 Å². The van der Waals surface area contributed by atoms with Crippen molar-refractivity contribution in [1.29, 1.82) is 0 Å². The number of fused-ring (bicyclic) bond motifs is 1. The Bertz CT molecular complexity index is 1140. The second-order valence-corrected chi connectivity index (χ2v) is 7.50. The lowest BCUT2D eigenvalue weighted by Crippen LogP contribution is -2.46. The number of methoxy groups -OCH3 is 1. The van der Waals surface area contributed by atoms with Crippen LogP contribution in [0.15, 0.2) is 54.7 Å². The van der Waals surface area contributed by atoms with Crippen LogP contribution in [0, 0.1) is 11.7 Å². The van der Waals surface area contributed by atoms with Crippen molar-refractivity contribution in [3.05, 3.63) is 66.1 Å². The Labute approximate surface area is 178 Å². The average molecular weight is 423 g/mol. The molecular formula is C23H22FN3O4. The van der Waals surface area contributed by atoms with Gasteiger partial charge in [-0.2, -0.15) is 0 Å². The zero-order valence-electron chi connectivity index (χ0n) is 16.9. The fourth-order valence-electron chi connectivity index (χ4n) is 3.93. The number of para-hydroxylation sites is 2. The van der Waals surface area contributed by atoms with Gasteiger partial charge in [-0.25, -0.2) is 9.18 Å². The number of hydrogen-bond acceptors (Lipinski definition) is 4. The number of ether oxygens (including phenoxy) is 1. The molecule has 3 aromatic rings. The first-order chi connectivity index (χ1) is 15.0. The molecule has 1 aliphatic rings. The minimum Gasteiger partial charge on any atom is -0.467 e. The first kappa shape index (κ1) is 20.6. The van der Waals surface area contributed by atoms with Gasteiger partial charge < -0.3 is 19.9 Å². The molecule has 7 nitrogen and oxygen atoms in total. The predicted molar refractivity (Wildman–Crippen MR) is 113 cm³/mol. The van der Waals surface area contributed by atoms with Gasteiger partial charge in [0.1, 0.15) is 11.9 Å². The summed E-state index contributed by atoms with van der Waals surface area (Å²) >= 11 is 0. The molecule has 2 atom stereocenters. The van der Waals surface area contributed by atoms with Crippen molar-refractivity contribution in [2.24, 2.45) is 5.92 Å². The van der Waals surface area contributed by atoms with E-state index in [-0.39, 0.29) is 31.0 Å². The van der Waals surface area contributed by atoms with E-state index in [4.69, 9.17) is 4.74 Å². The van der Waals surface area contributed by atoms with Crippen molar-refractivity contribution in [2.45, 2.75) is 18.9 Å². The van der Waals surface area contributed by atoms with E-state index in [9.17, 15) is 18.8 Å². The van der Waals surface area contributed by atoms with Crippen LogP contribution in [0.3, 0.4) is 0 Å². The molecule has 0 bridgehead atoms. The van der Waals surface area contributed by atoms with Gasteiger partial charge in [0.05, 0.1) is 18.7 Å². The highest BCUT2D eigenvalue weighted by Crippen LogP contribution is 2.27. The number of benzene rings is 2. The molecule has 1 aliphatic heterocycles. The molecule has 160 valence electrons. The number of hydrogen-bond donors (Lipinski definition) is 2. The van der Waals surface area contributed by atoms with E-state index in [1.807, 2.05) is 24.3 Å². The predicted octanol–water partition coefficient (Wildman–Crippen LogP) is 2.56. The summed E-state index contributed by atoms with van der Waals surface area (Å²) in [7, 11) is 1.26. The summed E-state index contributed by atoms with van der Waals surface area (Å²) < 4.78 is 19.0. The normalized spacial score (nSPS) is 17.0. The number of aromatic amines is 1. The molecule has 1 fully saturated rings. The Morgan fingerprint density at radius 2 is 1.97 bits per heavy atom. The Balaban J connectivity index is 1.49. The number of carbonyl (C=O) groups is 3. The molecule has 2 heterocycles. The summed E-state index contributed by atoms with van der Waals surface area (Å²) in [4.78, 5) is 42.0. The molecule has 0 saturated carbocycles. The van der Waals surface area contributed by atoms with E-state index in [1.54, 1.807) is 12.3 Å². The number of esters is 1. The van der Waals surface area contributed by atoms with Crippen molar-refractivity contribution in [3.63, 3.8) is 0 Å². The first-order valence-electron chi connectivity index (χ1n) is 9.96. The number of carbonyl (C=O) groups excluding carboxylic acids is 3. The number of rotatable bonds is 6. The zero-order chi connectivity index (χ0) is 22.0. The fourth-order valence-corrected chi connectivity index (χ4v) is 3.93. The van der Waals surface area contributed by atoms with E-state index < -0.39 is 29.7 Å². The summed E-state index contributed by atoms with van der Waals surface area (Å²) in [6.07, 6.45) is 1.98. The summed E-state index contributed by atoms with van der Waals surface area (Å²) in [6, 6.07) is 12.7. The third-order valence-corrected chi connectivity index (χ3v) is 5.54. The molecule has 0 unspecified atom stereocenters. The summed E-state index contributed by atoms with van der Waals surface area (Å²) in [5.74, 6) is -2.57. The summed E-state index contributed by atoms with van der Waals surface area (Å²) in [5.41, 5.74) is 1.93. The van der Waals surface area contributed by atoms with Crippen molar-refractivity contribution >= 4 is 34.4 Å². The van der Waals surface area contributed by atoms with Crippen LogP contribution in [0.5, 0.6) is 0 Å². The van der Waals surface area contributed by atoms with Crippen LogP contribution in [0.2, 0.25) is 0 Å². The first-order valence-corrected chi connectivity index (χ1v) is 9.96. The quantitative estimate of drug-likeness (QED) is 0.596. The average Bonchev–Trinajstić information content (AvgIpc) is 3.37. The Morgan fingerprint density at radius 3 is 2.74 bits per heavy atom. The third-order valence-electron chi connectivity index (χ3n) is 5.54. The van der Waals surface area contributed by atoms with Gasteiger partial charge in [0, 0.05) is 36.5 Å². The van der Waals surface area contributed by atoms with E-state index in [0.29, 0.717) is 0 Å². The molecule has 2 N–H and O–H groups in total. The molecule has 2 amide bonds. The number of aromatic nitrogens is 1. The molecule has 0 spiro atoms. The minimum absolute atomic E-state index is 0.0482. The lowest BCUT2D eigenvalue weighted by atomic mass is 10.0. The number of anilines is 1. The highest BCUT2D eigenvalue weighted by atomic mass is 19.1. The molecule has 1 aromatic heterocycles. The Hall–Kier alpha value is -3.68. The van der Waals surface area contributed by atoms with Crippen LogP contribution in [-0.4, -0.2) is 42.5 Å². The molecule has 0 radical (unpaired) electrons. The van der Waals surface area contributed by atoms with Crippen molar-refractivity contribution in [3.8, 4) is 0 Å². The Kier molecular flexibility index (Phi) is 5.70. The van der Waals surface area contributed by atoms with Gasteiger partial charge in [0.15, 0.2) is 0 Å². The fraction of sp³-hybridized carbons (Fsp3) is 0.261. The molecule has 1 saturated heterocycles. The van der Waals surface area contributed by atoms with E-state index in [1.165, 1.54) is 30.2 Å². The lowest BCUT2D eigenvalue weighted by Gasteiger charge is -2.20. The molecule has 31 heavy (non-hydrogen) atoms. The van der Waals surface area contributed by atoms with Crippen LogP contribution in [0.1, 0.15) is 12.0 Å². The van der Waals surface area contributed by atoms with Gasteiger partial charge in [-0.05, 0) is 23.8 Å². The molecule has 4 rings (SSSR count). The lowest BCUT2D eigenvalue weighted by molar-refractivity contribution is -0.145. The number of nitrogens with zero attached hydrogens (tertiary/aromatic N) is 1. The largest absolute Gasteiger partial charge is 0.467 e. The summed E-state index contributed by atoms with van der Waals surface area (Å²) in [5, 5.41) is 3.67. The number of amides is 2. The molecule has 8 heteroatoms. The highest BCUT2D eigenvalue weighted by Gasteiger charge is 2.37. The van der Waals surface area contributed by atoms with E-state index in [2.05, 4.69) is 10.3 Å². The topological polar surface area (TPSA) is 91.5 Å². The SMILES string of the molecule is COC(=O)[C@H](Cc1c[nH]c2ccccc12)NC(=O)[C@H]1CC(=O)N(c2ccccc2F)C1.